The Balaban J connectivity index is 1.70. The number of alkyl halides is 3. The van der Waals surface area contributed by atoms with E-state index in [0.717, 1.165) is 25.5 Å². The summed E-state index contributed by atoms with van der Waals surface area (Å²) in [5.41, 5.74) is -0.715. The number of hydrogen-bond donors (Lipinski definition) is 2. The molecule has 3 rings (SSSR count). The topological polar surface area (TPSA) is 82.6 Å². The number of aryl methyl sites for hydroxylation is 1. The first-order valence-electron chi connectivity index (χ1n) is 7.30. The molecule has 126 valence electrons. The highest BCUT2D eigenvalue weighted by Gasteiger charge is 2.35. The number of rotatable bonds is 3. The molecule has 10 heteroatoms. The normalized spacial score (nSPS) is 20.1. The Morgan fingerprint density at radius 1 is 1.43 bits per heavy atom. The lowest BCUT2D eigenvalue weighted by Gasteiger charge is -2.31. The van der Waals surface area contributed by atoms with E-state index in [0.29, 0.717) is 24.6 Å². The van der Waals surface area contributed by atoms with Gasteiger partial charge >= 0.3 is 11.9 Å². The highest BCUT2D eigenvalue weighted by atomic mass is 19.4. The van der Waals surface area contributed by atoms with Crippen LogP contribution in [-0.4, -0.2) is 43.0 Å². The fourth-order valence-corrected chi connectivity index (χ4v) is 2.92. The predicted molar refractivity (Wildman–Crippen MR) is 74.7 cm³/mol. The van der Waals surface area contributed by atoms with Gasteiger partial charge in [0, 0.05) is 26.1 Å². The number of aromatic nitrogens is 5. The van der Waals surface area contributed by atoms with Crippen LogP contribution in [-0.2, 0) is 19.8 Å². The van der Waals surface area contributed by atoms with Crippen molar-refractivity contribution in [1.82, 2.24) is 29.9 Å². The van der Waals surface area contributed by atoms with Gasteiger partial charge < -0.3 is 0 Å². The Morgan fingerprint density at radius 2 is 2.22 bits per heavy atom. The molecule has 1 saturated heterocycles. The lowest BCUT2D eigenvalue weighted by molar-refractivity contribution is -0.141. The van der Waals surface area contributed by atoms with Gasteiger partial charge in [-0.05, 0) is 25.5 Å². The second kappa shape index (κ2) is 5.84. The van der Waals surface area contributed by atoms with Gasteiger partial charge in [0.2, 0.25) is 0 Å². The number of halogens is 3. The molecule has 0 saturated carbocycles. The van der Waals surface area contributed by atoms with E-state index in [-0.39, 0.29) is 11.6 Å². The highest BCUT2D eigenvalue weighted by molar-refractivity contribution is 5.13. The van der Waals surface area contributed by atoms with E-state index in [1.165, 1.54) is 11.7 Å². The van der Waals surface area contributed by atoms with Crippen molar-refractivity contribution in [2.45, 2.75) is 31.5 Å². The minimum absolute atomic E-state index is 0.0676. The largest absolute Gasteiger partial charge is 0.435 e. The monoisotopic (exact) mass is 330 g/mol. The van der Waals surface area contributed by atoms with Crippen LogP contribution in [0.1, 0.15) is 36.0 Å². The summed E-state index contributed by atoms with van der Waals surface area (Å²) in [7, 11) is 1.51. The van der Waals surface area contributed by atoms with Crippen molar-refractivity contribution in [3.8, 4) is 0 Å². The molecule has 23 heavy (non-hydrogen) atoms. The molecule has 3 heterocycles. The van der Waals surface area contributed by atoms with E-state index in [1.807, 2.05) is 0 Å². The summed E-state index contributed by atoms with van der Waals surface area (Å²) in [4.78, 5) is 15.8. The molecule has 2 aromatic heterocycles. The van der Waals surface area contributed by atoms with Crippen LogP contribution in [0.2, 0.25) is 0 Å². The predicted octanol–water partition coefficient (Wildman–Crippen LogP) is 1.23. The van der Waals surface area contributed by atoms with Gasteiger partial charge in [0.1, 0.15) is 5.82 Å². The summed E-state index contributed by atoms with van der Waals surface area (Å²) in [6.45, 7) is 1.80. The number of aromatic amines is 2. The Kier molecular flexibility index (Phi) is 4.00. The summed E-state index contributed by atoms with van der Waals surface area (Å²) in [5, 5.41) is 9.82. The Bertz CT molecular complexity index is 731. The van der Waals surface area contributed by atoms with E-state index in [2.05, 4.69) is 25.2 Å². The van der Waals surface area contributed by atoms with Gasteiger partial charge in [0.25, 0.3) is 0 Å². The molecule has 1 atom stereocenters. The van der Waals surface area contributed by atoms with E-state index in [9.17, 15) is 18.0 Å². The molecule has 2 N–H and O–H groups in total. The second-order valence-electron chi connectivity index (χ2n) is 5.78. The quantitative estimate of drug-likeness (QED) is 0.887. The Morgan fingerprint density at radius 3 is 2.83 bits per heavy atom. The third kappa shape index (κ3) is 3.46. The molecule has 0 amide bonds. The standard InChI is InChI=1S/C13H17F3N6O/c1-21-9(5-10(20-21)13(14,15)16)7-22-4-2-3-8(6-22)11-17-12(23)19-18-11/h5,8H,2-4,6-7H2,1H3,(H2,17,18,19,23). The van der Waals surface area contributed by atoms with Gasteiger partial charge in [-0.1, -0.05) is 0 Å². The minimum atomic E-state index is -4.44. The number of likely N-dealkylation sites (tertiary alicyclic amines) is 1. The van der Waals surface area contributed by atoms with Crippen LogP contribution in [0.4, 0.5) is 13.2 Å². The molecule has 1 aliphatic heterocycles. The van der Waals surface area contributed by atoms with Crippen LogP contribution >= 0.6 is 0 Å². The van der Waals surface area contributed by atoms with Gasteiger partial charge in [-0.3, -0.25) is 14.6 Å². The van der Waals surface area contributed by atoms with Crippen molar-refractivity contribution < 1.29 is 13.2 Å². The van der Waals surface area contributed by atoms with Crippen molar-refractivity contribution in [1.29, 1.82) is 0 Å². The number of H-pyrrole nitrogens is 2. The maximum Gasteiger partial charge on any atom is 0.435 e. The van der Waals surface area contributed by atoms with E-state index in [1.54, 1.807) is 0 Å². The molecule has 2 aromatic rings. The summed E-state index contributed by atoms with van der Waals surface area (Å²) in [5.74, 6) is 0.665. The Hall–Kier alpha value is -2.10. The van der Waals surface area contributed by atoms with Gasteiger partial charge in [0.15, 0.2) is 5.69 Å². The average molecular weight is 330 g/mol. The van der Waals surface area contributed by atoms with Crippen molar-refractivity contribution >= 4 is 0 Å². The summed E-state index contributed by atoms with van der Waals surface area (Å²) in [6, 6.07) is 1.08. The maximum absolute atomic E-state index is 12.7. The van der Waals surface area contributed by atoms with Gasteiger partial charge in [-0.2, -0.15) is 23.4 Å². The second-order valence-corrected chi connectivity index (χ2v) is 5.78. The maximum atomic E-state index is 12.7. The average Bonchev–Trinajstić information content (AvgIpc) is 3.06. The third-order valence-electron chi connectivity index (χ3n) is 4.06. The van der Waals surface area contributed by atoms with Gasteiger partial charge in [0.05, 0.1) is 5.69 Å². The van der Waals surface area contributed by atoms with Crippen LogP contribution < -0.4 is 5.69 Å². The smallest absolute Gasteiger partial charge is 0.297 e. The van der Waals surface area contributed by atoms with Gasteiger partial charge in [-0.25, -0.2) is 9.89 Å². The number of nitrogens with zero attached hydrogens (tertiary/aromatic N) is 4. The van der Waals surface area contributed by atoms with Crippen LogP contribution in [0.5, 0.6) is 0 Å². The fourth-order valence-electron chi connectivity index (χ4n) is 2.92. The van der Waals surface area contributed by atoms with Crippen molar-refractivity contribution in [2.75, 3.05) is 13.1 Å². The molecule has 0 spiro atoms. The molecular formula is C13H17F3N6O. The van der Waals surface area contributed by atoms with Crippen LogP contribution in [0.15, 0.2) is 10.9 Å². The molecular weight excluding hydrogens is 313 g/mol. The van der Waals surface area contributed by atoms with E-state index >= 15 is 0 Å². The SMILES string of the molecule is Cn1nc(C(F)(F)F)cc1CN1CCCC(c2n[nH]c(=O)[nH]2)C1. The van der Waals surface area contributed by atoms with Crippen LogP contribution in [0.25, 0.3) is 0 Å². The summed E-state index contributed by atoms with van der Waals surface area (Å²) < 4.78 is 39.4. The molecule has 1 fully saturated rings. The highest BCUT2D eigenvalue weighted by Crippen LogP contribution is 2.29. The number of hydrogen-bond acceptors (Lipinski definition) is 4. The number of piperidine rings is 1. The Labute approximate surface area is 129 Å². The van der Waals surface area contributed by atoms with Crippen molar-refractivity contribution in [2.24, 2.45) is 7.05 Å². The molecule has 7 nitrogen and oxygen atoms in total. The molecule has 0 aliphatic carbocycles. The van der Waals surface area contributed by atoms with Crippen LogP contribution in [0, 0.1) is 0 Å². The first-order valence-corrected chi connectivity index (χ1v) is 7.30. The molecule has 1 unspecified atom stereocenters. The van der Waals surface area contributed by atoms with Gasteiger partial charge in [-0.15, -0.1) is 0 Å². The lowest BCUT2D eigenvalue weighted by atomic mass is 9.97. The fraction of sp³-hybridized carbons (Fsp3) is 0.615. The lowest BCUT2D eigenvalue weighted by Crippen LogP contribution is -2.35. The molecule has 0 aromatic carbocycles. The first kappa shape index (κ1) is 15.8. The minimum Gasteiger partial charge on any atom is -0.297 e. The third-order valence-corrected chi connectivity index (χ3v) is 4.06. The zero-order valence-corrected chi connectivity index (χ0v) is 12.5. The van der Waals surface area contributed by atoms with E-state index < -0.39 is 11.9 Å². The van der Waals surface area contributed by atoms with Crippen LogP contribution in [0.3, 0.4) is 0 Å². The molecule has 0 radical (unpaired) electrons. The molecule has 1 aliphatic rings. The van der Waals surface area contributed by atoms with E-state index in [4.69, 9.17) is 0 Å². The summed E-state index contributed by atoms with van der Waals surface area (Å²) >= 11 is 0. The van der Waals surface area contributed by atoms with Crippen molar-refractivity contribution in [3.05, 3.63) is 33.8 Å². The van der Waals surface area contributed by atoms with Crippen molar-refractivity contribution in [3.63, 3.8) is 0 Å². The summed E-state index contributed by atoms with van der Waals surface area (Å²) in [6.07, 6.45) is -2.66. The zero-order valence-electron chi connectivity index (χ0n) is 12.5. The zero-order chi connectivity index (χ0) is 16.6. The molecule has 0 bridgehead atoms. The first-order chi connectivity index (χ1) is 10.8. The number of nitrogens with one attached hydrogen (secondary N) is 2.